The van der Waals surface area contributed by atoms with Crippen molar-refractivity contribution in [2.75, 3.05) is 24.7 Å². The predicted octanol–water partition coefficient (Wildman–Crippen LogP) is 2.27. The van der Waals surface area contributed by atoms with E-state index in [-0.39, 0.29) is 30.7 Å². The van der Waals surface area contributed by atoms with Crippen LogP contribution in [-0.2, 0) is 16.1 Å². The number of hydrogen-bond acceptors (Lipinski definition) is 4. The number of rotatable bonds is 5. The molecule has 0 radical (unpaired) electrons. The van der Waals surface area contributed by atoms with Crippen LogP contribution >= 0.6 is 0 Å². The number of nitrogens with zero attached hydrogens (tertiary/aromatic N) is 1. The van der Waals surface area contributed by atoms with Crippen molar-refractivity contribution in [1.29, 1.82) is 0 Å². The summed E-state index contributed by atoms with van der Waals surface area (Å²) in [6, 6.07) is 11.0. The van der Waals surface area contributed by atoms with Crippen LogP contribution in [0, 0.1) is 5.82 Å². The first-order valence-electron chi connectivity index (χ1n) is 8.22. The van der Waals surface area contributed by atoms with E-state index in [0.717, 1.165) is 5.56 Å². The van der Waals surface area contributed by atoms with E-state index >= 15 is 0 Å². The molecule has 0 atom stereocenters. The number of amides is 2. The molecule has 0 unspecified atom stereocenters. The number of benzene rings is 2. The summed E-state index contributed by atoms with van der Waals surface area (Å²) < 4.78 is 23.9. The molecule has 1 N–H and O–H groups in total. The van der Waals surface area contributed by atoms with Crippen LogP contribution in [0.15, 0.2) is 42.5 Å². The number of halogens is 1. The van der Waals surface area contributed by atoms with Crippen LogP contribution in [0.25, 0.3) is 0 Å². The van der Waals surface area contributed by atoms with E-state index in [1.165, 1.54) is 24.0 Å². The fraction of sp³-hybridized carbons (Fsp3) is 0.263. The van der Waals surface area contributed by atoms with Crippen molar-refractivity contribution in [3.05, 3.63) is 53.8 Å². The van der Waals surface area contributed by atoms with E-state index in [2.05, 4.69) is 5.32 Å². The summed E-state index contributed by atoms with van der Waals surface area (Å²) in [7, 11) is 0. The second-order valence-corrected chi connectivity index (χ2v) is 5.84. The molecule has 2 aromatic rings. The zero-order valence-electron chi connectivity index (χ0n) is 14.3. The van der Waals surface area contributed by atoms with Crippen molar-refractivity contribution in [3.8, 4) is 11.5 Å². The van der Waals surface area contributed by atoms with Gasteiger partial charge < -0.3 is 19.7 Å². The molecule has 2 amide bonds. The molecule has 1 aliphatic rings. The lowest BCUT2D eigenvalue weighted by Crippen LogP contribution is -2.39. The van der Waals surface area contributed by atoms with Gasteiger partial charge in [0.25, 0.3) is 0 Å². The Morgan fingerprint density at radius 2 is 1.77 bits per heavy atom. The Balaban J connectivity index is 1.65. The van der Waals surface area contributed by atoms with E-state index in [1.807, 2.05) is 0 Å². The highest BCUT2D eigenvalue weighted by atomic mass is 19.1. The maximum atomic E-state index is 12.9. The third kappa shape index (κ3) is 4.30. The van der Waals surface area contributed by atoms with Gasteiger partial charge in [0.15, 0.2) is 11.5 Å². The fourth-order valence-electron chi connectivity index (χ4n) is 2.59. The lowest BCUT2D eigenvalue weighted by Gasteiger charge is -2.24. The molecule has 0 saturated heterocycles. The van der Waals surface area contributed by atoms with Crippen molar-refractivity contribution in [2.24, 2.45) is 0 Å². The summed E-state index contributed by atoms with van der Waals surface area (Å²) in [4.78, 5) is 25.6. The third-order valence-electron chi connectivity index (χ3n) is 3.92. The number of nitrogens with one attached hydrogen (secondary N) is 1. The van der Waals surface area contributed by atoms with E-state index in [0.29, 0.717) is 30.4 Å². The summed E-state index contributed by atoms with van der Waals surface area (Å²) in [5.41, 5.74) is 1.33. The standard InChI is InChI=1S/C19H19FN2O4/c1-13(23)22(16-6-7-17-18(10-16)26-9-8-25-17)12-19(24)21-11-14-2-4-15(20)5-3-14/h2-7,10H,8-9,11-12H2,1H3,(H,21,24). The van der Waals surface area contributed by atoms with Crippen LogP contribution < -0.4 is 19.7 Å². The minimum Gasteiger partial charge on any atom is -0.486 e. The molecule has 26 heavy (non-hydrogen) atoms. The Hall–Kier alpha value is -3.09. The van der Waals surface area contributed by atoms with E-state index in [4.69, 9.17) is 9.47 Å². The van der Waals surface area contributed by atoms with E-state index in [9.17, 15) is 14.0 Å². The molecule has 0 bridgehead atoms. The summed E-state index contributed by atoms with van der Waals surface area (Å²) in [6.45, 7) is 2.44. The Bertz CT molecular complexity index is 808. The first-order valence-corrected chi connectivity index (χ1v) is 8.22. The van der Waals surface area contributed by atoms with Gasteiger partial charge in [-0.05, 0) is 29.8 Å². The normalized spacial score (nSPS) is 12.4. The van der Waals surface area contributed by atoms with E-state index in [1.54, 1.807) is 30.3 Å². The van der Waals surface area contributed by atoms with Crippen LogP contribution in [0.4, 0.5) is 10.1 Å². The van der Waals surface area contributed by atoms with Crippen molar-refractivity contribution in [2.45, 2.75) is 13.5 Å². The lowest BCUT2D eigenvalue weighted by molar-refractivity contribution is -0.123. The molecule has 136 valence electrons. The second kappa shape index (κ2) is 7.86. The maximum absolute atomic E-state index is 12.9. The highest BCUT2D eigenvalue weighted by Crippen LogP contribution is 2.34. The lowest BCUT2D eigenvalue weighted by atomic mass is 10.2. The topological polar surface area (TPSA) is 67.9 Å². The molecule has 0 aliphatic carbocycles. The average molecular weight is 358 g/mol. The number of carbonyl (C=O) groups excluding carboxylic acids is 2. The third-order valence-corrected chi connectivity index (χ3v) is 3.92. The van der Waals surface area contributed by atoms with Crippen LogP contribution in [0.2, 0.25) is 0 Å². The first kappa shape index (κ1) is 17.7. The van der Waals surface area contributed by atoms with Gasteiger partial charge in [-0.1, -0.05) is 12.1 Å². The largest absolute Gasteiger partial charge is 0.486 e. The molecule has 0 fully saturated rings. The minimum atomic E-state index is -0.332. The van der Waals surface area contributed by atoms with Gasteiger partial charge in [-0.2, -0.15) is 0 Å². The molecule has 0 aromatic heterocycles. The summed E-state index contributed by atoms with van der Waals surface area (Å²) >= 11 is 0. The number of anilines is 1. The monoisotopic (exact) mass is 358 g/mol. The van der Waals surface area contributed by atoms with Crippen molar-refractivity contribution in [1.82, 2.24) is 5.32 Å². The Kier molecular flexibility index (Phi) is 5.36. The van der Waals surface area contributed by atoms with Gasteiger partial charge in [-0.3, -0.25) is 9.59 Å². The SMILES string of the molecule is CC(=O)N(CC(=O)NCc1ccc(F)cc1)c1ccc2c(c1)OCCO2. The van der Waals surface area contributed by atoms with Crippen molar-refractivity contribution < 1.29 is 23.5 Å². The Labute approximate surface area is 150 Å². The Morgan fingerprint density at radius 1 is 1.08 bits per heavy atom. The molecule has 3 rings (SSSR count). The van der Waals surface area contributed by atoms with Gasteiger partial charge in [-0.15, -0.1) is 0 Å². The van der Waals surface area contributed by atoms with Crippen LogP contribution in [0.3, 0.4) is 0 Å². The summed E-state index contributed by atoms with van der Waals surface area (Å²) in [5, 5.41) is 2.72. The zero-order chi connectivity index (χ0) is 18.5. The van der Waals surface area contributed by atoms with Gasteiger partial charge in [0.05, 0.1) is 0 Å². The van der Waals surface area contributed by atoms with Gasteiger partial charge >= 0.3 is 0 Å². The molecule has 7 heteroatoms. The highest BCUT2D eigenvalue weighted by molar-refractivity contribution is 5.97. The van der Waals surface area contributed by atoms with Gasteiger partial charge in [0.1, 0.15) is 25.6 Å². The second-order valence-electron chi connectivity index (χ2n) is 5.84. The van der Waals surface area contributed by atoms with Crippen molar-refractivity contribution in [3.63, 3.8) is 0 Å². The smallest absolute Gasteiger partial charge is 0.240 e. The zero-order valence-corrected chi connectivity index (χ0v) is 14.3. The molecule has 2 aromatic carbocycles. The fourth-order valence-corrected chi connectivity index (χ4v) is 2.59. The highest BCUT2D eigenvalue weighted by Gasteiger charge is 2.19. The summed E-state index contributed by atoms with van der Waals surface area (Å²) in [5.74, 6) is 0.246. The molecular weight excluding hydrogens is 339 g/mol. The quantitative estimate of drug-likeness (QED) is 0.890. The Morgan fingerprint density at radius 3 is 2.46 bits per heavy atom. The molecule has 1 heterocycles. The molecule has 0 spiro atoms. The average Bonchev–Trinajstić information content (AvgIpc) is 2.65. The van der Waals surface area contributed by atoms with Crippen molar-refractivity contribution >= 4 is 17.5 Å². The van der Waals surface area contributed by atoms with E-state index < -0.39 is 0 Å². The molecule has 0 saturated carbocycles. The maximum Gasteiger partial charge on any atom is 0.240 e. The van der Waals surface area contributed by atoms with Gasteiger partial charge in [0, 0.05) is 25.2 Å². The molecule has 1 aliphatic heterocycles. The molecular formula is C19H19FN2O4. The minimum absolute atomic E-state index is 0.129. The first-order chi connectivity index (χ1) is 12.5. The van der Waals surface area contributed by atoms with Crippen LogP contribution in [-0.4, -0.2) is 31.6 Å². The number of carbonyl (C=O) groups is 2. The van der Waals surface area contributed by atoms with Crippen LogP contribution in [0.1, 0.15) is 12.5 Å². The number of hydrogen-bond donors (Lipinski definition) is 1. The van der Waals surface area contributed by atoms with Gasteiger partial charge in [-0.25, -0.2) is 4.39 Å². The summed E-state index contributed by atoms with van der Waals surface area (Å²) in [6.07, 6.45) is 0. The van der Waals surface area contributed by atoms with Gasteiger partial charge in [0.2, 0.25) is 11.8 Å². The number of fused-ring (bicyclic) bond motifs is 1. The molecule has 6 nitrogen and oxygen atoms in total. The number of ether oxygens (including phenoxy) is 2. The predicted molar refractivity (Wildman–Crippen MR) is 93.7 cm³/mol. The van der Waals surface area contributed by atoms with Crippen LogP contribution in [0.5, 0.6) is 11.5 Å².